The normalized spacial score (nSPS) is 19.3. The molecular formula is C12H18N4O3. The fraction of sp³-hybridized carbons (Fsp3) is 0.583. The number of aromatic nitrogens is 2. The molecule has 2 rings (SSSR count). The maximum absolute atomic E-state index is 12.1. The van der Waals surface area contributed by atoms with Crippen molar-refractivity contribution in [2.75, 3.05) is 31.1 Å². The van der Waals surface area contributed by atoms with Crippen molar-refractivity contribution in [3.8, 4) is 0 Å². The van der Waals surface area contributed by atoms with E-state index < -0.39 is 6.04 Å². The largest absolute Gasteiger partial charge is 0.464 e. The summed E-state index contributed by atoms with van der Waals surface area (Å²) in [6, 6.07) is -0.503. The molecule has 0 radical (unpaired) electrons. The highest BCUT2D eigenvalue weighted by Crippen LogP contribution is 2.12. The molecule has 7 heteroatoms. The number of carbonyl (C=O) groups excluding carboxylic acids is 1. The van der Waals surface area contributed by atoms with Crippen LogP contribution in [0.4, 0.5) is 5.82 Å². The third kappa shape index (κ3) is 2.76. The lowest BCUT2D eigenvalue weighted by molar-refractivity contribution is -0.144. The fourth-order valence-electron chi connectivity index (χ4n) is 2.09. The van der Waals surface area contributed by atoms with Crippen molar-refractivity contribution in [1.82, 2.24) is 14.9 Å². The Bertz CT molecular complexity index is 514. The summed E-state index contributed by atoms with van der Waals surface area (Å²) in [6.07, 6.45) is 3.15. The maximum atomic E-state index is 12.1. The summed E-state index contributed by atoms with van der Waals surface area (Å²) < 4.78 is 6.50. The SMILES string of the molecule is CCOC(=O)C1CNCCN1c1nccn(C)c1=O. The number of anilines is 1. The first-order valence-electron chi connectivity index (χ1n) is 6.30. The minimum absolute atomic E-state index is 0.210. The standard InChI is InChI=1S/C12H18N4O3/c1-3-19-12(18)9-8-13-4-7-16(9)10-11(17)15(2)6-5-14-10/h5-6,9,13H,3-4,7-8H2,1-2H3. The first-order valence-corrected chi connectivity index (χ1v) is 6.30. The Kier molecular flexibility index (Phi) is 4.16. The van der Waals surface area contributed by atoms with E-state index in [4.69, 9.17) is 4.74 Å². The molecule has 1 atom stereocenters. The van der Waals surface area contributed by atoms with E-state index in [1.54, 1.807) is 31.3 Å². The van der Waals surface area contributed by atoms with Gasteiger partial charge in [0.05, 0.1) is 6.61 Å². The van der Waals surface area contributed by atoms with E-state index >= 15 is 0 Å². The van der Waals surface area contributed by atoms with Gasteiger partial charge in [0.25, 0.3) is 5.56 Å². The predicted octanol–water partition coefficient (Wildman–Crippen LogP) is -0.878. The van der Waals surface area contributed by atoms with E-state index in [2.05, 4.69) is 10.3 Å². The van der Waals surface area contributed by atoms with E-state index in [0.717, 1.165) is 0 Å². The van der Waals surface area contributed by atoms with Gasteiger partial charge in [0.1, 0.15) is 6.04 Å². The second-order valence-corrected chi connectivity index (χ2v) is 4.33. The Balaban J connectivity index is 2.31. The number of esters is 1. The molecule has 0 aliphatic carbocycles. The van der Waals surface area contributed by atoms with E-state index in [0.29, 0.717) is 32.1 Å². The van der Waals surface area contributed by atoms with Gasteiger partial charge in [0.2, 0.25) is 0 Å². The smallest absolute Gasteiger partial charge is 0.330 e. The minimum Gasteiger partial charge on any atom is -0.464 e. The highest BCUT2D eigenvalue weighted by atomic mass is 16.5. The predicted molar refractivity (Wildman–Crippen MR) is 70.1 cm³/mol. The molecule has 2 heterocycles. The van der Waals surface area contributed by atoms with Crippen LogP contribution in [-0.4, -0.2) is 47.8 Å². The summed E-state index contributed by atoms with van der Waals surface area (Å²) in [5.74, 6) is -0.0352. The molecule has 19 heavy (non-hydrogen) atoms. The van der Waals surface area contributed by atoms with Gasteiger partial charge in [-0.25, -0.2) is 9.78 Å². The van der Waals surface area contributed by atoms with Crippen molar-refractivity contribution < 1.29 is 9.53 Å². The molecule has 0 bridgehead atoms. The van der Waals surface area contributed by atoms with Gasteiger partial charge in [0, 0.05) is 39.1 Å². The van der Waals surface area contributed by atoms with Crippen molar-refractivity contribution in [1.29, 1.82) is 0 Å². The van der Waals surface area contributed by atoms with Crippen LogP contribution in [0.1, 0.15) is 6.92 Å². The van der Waals surface area contributed by atoms with E-state index in [1.807, 2.05) is 0 Å². The number of piperazine rings is 1. The van der Waals surface area contributed by atoms with Crippen LogP contribution in [0, 0.1) is 0 Å². The number of hydrogen-bond donors (Lipinski definition) is 1. The third-order valence-electron chi connectivity index (χ3n) is 3.07. The molecule has 7 nitrogen and oxygen atoms in total. The Hall–Kier alpha value is -1.89. The monoisotopic (exact) mass is 266 g/mol. The molecule has 0 amide bonds. The van der Waals surface area contributed by atoms with Gasteiger partial charge < -0.3 is 19.5 Å². The van der Waals surface area contributed by atoms with Crippen LogP contribution >= 0.6 is 0 Å². The van der Waals surface area contributed by atoms with Crippen LogP contribution in [0.5, 0.6) is 0 Å². The maximum Gasteiger partial charge on any atom is 0.330 e. The molecule has 1 fully saturated rings. The molecule has 0 saturated carbocycles. The van der Waals surface area contributed by atoms with Crippen molar-refractivity contribution in [2.45, 2.75) is 13.0 Å². The number of nitrogens with one attached hydrogen (secondary N) is 1. The molecule has 0 spiro atoms. The number of nitrogens with zero attached hydrogens (tertiary/aromatic N) is 3. The molecule has 1 unspecified atom stereocenters. The van der Waals surface area contributed by atoms with Crippen LogP contribution in [0.2, 0.25) is 0 Å². The Labute approximate surface area is 111 Å². The molecule has 1 saturated heterocycles. The third-order valence-corrected chi connectivity index (χ3v) is 3.07. The minimum atomic E-state index is -0.503. The second kappa shape index (κ2) is 5.83. The summed E-state index contributed by atoms with van der Waals surface area (Å²) in [5.41, 5.74) is -0.210. The molecule has 1 aromatic heterocycles. The quantitative estimate of drug-likeness (QED) is 0.716. The number of hydrogen-bond acceptors (Lipinski definition) is 6. The summed E-state index contributed by atoms with van der Waals surface area (Å²) in [6.45, 7) is 3.80. The van der Waals surface area contributed by atoms with Gasteiger partial charge in [-0.15, -0.1) is 0 Å². The Morgan fingerprint density at radius 2 is 2.42 bits per heavy atom. The fourth-order valence-corrected chi connectivity index (χ4v) is 2.09. The summed E-state index contributed by atoms with van der Waals surface area (Å²) in [4.78, 5) is 29.8. The molecule has 1 aliphatic heterocycles. The van der Waals surface area contributed by atoms with Gasteiger partial charge in [0.15, 0.2) is 5.82 Å². The summed E-state index contributed by atoms with van der Waals surface area (Å²) >= 11 is 0. The molecule has 0 aromatic carbocycles. The molecular weight excluding hydrogens is 248 g/mol. The van der Waals surface area contributed by atoms with Crippen LogP contribution in [0.25, 0.3) is 0 Å². The van der Waals surface area contributed by atoms with Gasteiger partial charge in [-0.1, -0.05) is 0 Å². The topological polar surface area (TPSA) is 76.5 Å². The van der Waals surface area contributed by atoms with Crippen LogP contribution in [-0.2, 0) is 16.6 Å². The van der Waals surface area contributed by atoms with Gasteiger partial charge >= 0.3 is 5.97 Å². The molecule has 1 N–H and O–H groups in total. The molecule has 104 valence electrons. The molecule has 1 aromatic rings. The lowest BCUT2D eigenvalue weighted by Gasteiger charge is -2.34. The van der Waals surface area contributed by atoms with Crippen molar-refractivity contribution in [3.63, 3.8) is 0 Å². The Morgan fingerprint density at radius 3 is 3.16 bits per heavy atom. The van der Waals surface area contributed by atoms with Crippen molar-refractivity contribution >= 4 is 11.8 Å². The molecule has 1 aliphatic rings. The van der Waals surface area contributed by atoms with Crippen molar-refractivity contribution in [2.24, 2.45) is 7.05 Å². The second-order valence-electron chi connectivity index (χ2n) is 4.33. The first-order chi connectivity index (χ1) is 9.15. The summed E-state index contributed by atoms with van der Waals surface area (Å²) in [7, 11) is 1.66. The zero-order chi connectivity index (χ0) is 13.8. The zero-order valence-corrected chi connectivity index (χ0v) is 11.1. The Morgan fingerprint density at radius 1 is 1.63 bits per heavy atom. The summed E-state index contributed by atoms with van der Waals surface area (Å²) in [5, 5.41) is 3.13. The average Bonchev–Trinajstić information content (AvgIpc) is 2.42. The van der Waals surface area contributed by atoms with Crippen LogP contribution in [0.3, 0.4) is 0 Å². The van der Waals surface area contributed by atoms with Crippen molar-refractivity contribution in [3.05, 3.63) is 22.7 Å². The van der Waals surface area contributed by atoms with E-state index in [9.17, 15) is 9.59 Å². The number of rotatable bonds is 3. The lowest BCUT2D eigenvalue weighted by Crippen LogP contribution is -2.57. The number of aryl methyl sites for hydroxylation is 1. The lowest BCUT2D eigenvalue weighted by atomic mass is 10.2. The van der Waals surface area contributed by atoms with E-state index in [-0.39, 0.29) is 11.5 Å². The number of ether oxygens (including phenoxy) is 1. The zero-order valence-electron chi connectivity index (χ0n) is 11.1. The van der Waals surface area contributed by atoms with Gasteiger partial charge in [-0.2, -0.15) is 0 Å². The van der Waals surface area contributed by atoms with E-state index in [1.165, 1.54) is 4.57 Å². The number of carbonyl (C=O) groups is 1. The highest BCUT2D eigenvalue weighted by Gasteiger charge is 2.32. The van der Waals surface area contributed by atoms with Gasteiger partial charge in [-0.05, 0) is 6.92 Å². The van der Waals surface area contributed by atoms with Gasteiger partial charge in [-0.3, -0.25) is 4.79 Å². The highest BCUT2D eigenvalue weighted by molar-refractivity contribution is 5.80. The average molecular weight is 266 g/mol. The van der Waals surface area contributed by atoms with Crippen LogP contribution in [0.15, 0.2) is 17.2 Å². The first kappa shape index (κ1) is 13.5. The van der Waals surface area contributed by atoms with Crippen LogP contribution < -0.4 is 15.8 Å².